The molecule has 2 unspecified atom stereocenters. The summed E-state index contributed by atoms with van der Waals surface area (Å²) in [7, 11) is 0. The van der Waals surface area contributed by atoms with E-state index in [1.807, 2.05) is 76.2 Å². The van der Waals surface area contributed by atoms with Gasteiger partial charge in [0.2, 0.25) is 11.8 Å². The van der Waals surface area contributed by atoms with E-state index in [4.69, 9.17) is 24.2 Å². The molecule has 0 spiro atoms. The van der Waals surface area contributed by atoms with Crippen molar-refractivity contribution in [3.05, 3.63) is 112 Å². The lowest BCUT2D eigenvalue weighted by atomic mass is 9.88. The first-order chi connectivity index (χ1) is 39.4. The zero-order valence-electron chi connectivity index (χ0n) is 45.6. The molecule has 21 heteroatoms. The van der Waals surface area contributed by atoms with Crippen molar-refractivity contribution in [2.75, 3.05) is 44.4 Å². The van der Waals surface area contributed by atoms with E-state index in [2.05, 4.69) is 47.1 Å². The average molecular weight is 1120 g/mol. The Hall–Kier alpha value is -7.43. The molecule has 5 aliphatic rings. The number of carbonyl (C=O) groups excluding carboxylic acids is 2. The molecule has 4 saturated heterocycles. The van der Waals surface area contributed by atoms with E-state index in [-0.39, 0.29) is 67.9 Å². The third-order valence-electron chi connectivity index (χ3n) is 16.9. The number of aliphatic hydroxyl groups is 2. The van der Waals surface area contributed by atoms with Crippen LogP contribution < -0.4 is 25.0 Å². The minimum Gasteiger partial charge on any atom is -0.486 e. The van der Waals surface area contributed by atoms with Crippen molar-refractivity contribution in [2.45, 2.75) is 121 Å². The highest BCUT2D eigenvalue weighted by Gasteiger charge is 2.44. The van der Waals surface area contributed by atoms with E-state index < -0.39 is 30.1 Å². The lowest BCUT2D eigenvalue weighted by molar-refractivity contribution is -0.142. The summed E-state index contributed by atoms with van der Waals surface area (Å²) < 4.78 is 37.2. The molecule has 2 amide bonds. The first-order valence-electron chi connectivity index (χ1n) is 28.2. The number of aryl methyl sites for hydroxylation is 1. The van der Waals surface area contributed by atoms with E-state index >= 15 is 4.39 Å². The number of H-pyrrole nitrogens is 1. The van der Waals surface area contributed by atoms with Gasteiger partial charge in [0.15, 0.2) is 5.75 Å². The number of benzene rings is 4. The Kier molecular flexibility index (Phi) is 14.2. The molecule has 1 aliphatic carbocycles. The number of fused-ring (bicyclic) bond motifs is 4. The molecule has 2 bridgehead atoms. The summed E-state index contributed by atoms with van der Waals surface area (Å²) in [5.41, 5.74) is 10.8. The van der Waals surface area contributed by atoms with Gasteiger partial charge in [-0.25, -0.2) is 14.1 Å². The van der Waals surface area contributed by atoms with Crippen LogP contribution in [0.1, 0.15) is 98.3 Å². The van der Waals surface area contributed by atoms with Crippen LogP contribution in [0.2, 0.25) is 0 Å². The van der Waals surface area contributed by atoms with Crippen LogP contribution >= 0.6 is 11.3 Å². The van der Waals surface area contributed by atoms with Crippen LogP contribution in [0.25, 0.3) is 54.6 Å². The van der Waals surface area contributed by atoms with Gasteiger partial charge in [0, 0.05) is 78.4 Å². The highest BCUT2D eigenvalue weighted by molar-refractivity contribution is 7.13. The SMILES string of the molecule is Cc1ncsc1-c1ccc(C(CO)NC(=O)[C@@H]2C[C@@H](O)CN2C(=O)C(C(C)C)n2cc(-c3ccc(COc4c(-c5c(C)c(F)cc6[nH]ncc56)c(C5CC5)cc5c(N6C[C@@H]7C[C@H]6CN7)nc(OC6CCOCC6)nc45)cc3)nn2)cc1. The predicted octanol–water partition coefficient (Wildman–Crippen LogP) is 7.88. The molecule has 8 heterocycles. The lowest BCUT2D eigenvalue weighted by Crippen LogP contribution is -2.50. The van der Waals surface area contributed by atoms with Crippen LogP contribution in [-0.4, -0.2) is 137 Å². The minimum absolute atomic E-state index is 0.0357. The average Bonchev–Trinajstić information content (AvgIpc) is 3.89. The molecule has 13 rings (SSSR count). The lowest BCUT2D eigenvalue weighted by Gasteiger charge is -2.31. The summed E-state index contributed by atoms with van der Waals surface area (Å²) >= 11 is 1.54. The third kappa shape index (κ3) is 10.2. The standard InChI is InChI=1S/C60H65FN12O7S/c1-31(2)54(59(77)72-26-41(75)20-50(72)58(76)65-49(28-74)37-11-13-38(14-12-37)56-33(4)63-30-81-56)73-27-48(69-70-73)36-7-5-34(6-8-36)29-79-55-52(51-32(3)46(61)22-47-45(51)24-64-68-47)43(35-9-10-35)21-44-53(55)66-60(80-42-15-17-78-18-16-42)67-57(44)71-25-39-19-40(71)23-62-39/h5-8,11-14,21-22,24,27,30-31,35,39-42,49-50,54,62,74-75H,9-10,15-20,23,25-26,28-29H2,1-4H3,(H,64,68)(H,65,76)/t39-,40-,41+,49?,50-,54?/m0/s1. The molecule has 4 aliphatic heterocycles. The number of piperazine rings is 1. The first-order valence-corrected chi connectivity index (χ1v) is 29.0. The van der Waals surface area contributed by atoms with Crippen molar-refractivity contribution in [1.29, 1.82) is 0 Å². The quantitative estimate of drug-likeness (QED) is 0.0584. The molecule has 81 heavy (non-hydrogen) atoms. The number of aliphatic hydroxyl groups excluding tert-OH is 2. The summed E-state index contributed by atoms with van der Waals surface area (Å²) in [5.74, 6) is 0.0881. The molecule has 0 radical (unpaired) electrons. The maximum atomic E-state index is 16.2. The number of halogens is 1. The number of nitrogens with zero attached hydrogens (tertiary/aromatic N) is 9. The number of rotatable bonds is 17. The molecule has 4 aromatic carbocycles. The van der Waals surface area contributed by atoms with Gasteiger partial charge in [-0.1, -0.05) is 67.6 Å². The van der Waals surface area contributed by atoms with Gasteiger partial charge >= 0.3 is 6.01 Å². The Morgan fingerprint density at radius 3 is 2.46 bits per heavy atom. The topological polar surface area (TPSA) is 231 Å². The molecule has 1 saturated carbocycles. The van der Waals surface area contributed by atoms with Crippen LogP contribution in [0, 0.1) is 25.6 Å². The van der Waals surface area contributed by atoms with Crippen LogP contribution in [0.4, 0.5) is 10.2 Å². The third-order valence-corrected chi connectivity index (χ3v) is 17.9. The van der Waals surface area contributed by atoms with E-state index in [1.54, 1.807) is 29.2 Å². The Bertz CT molecular complexity index is 3650. The fraction of sp³-hybridized carbons (Fsp3) is 0.433. The summed E-state index contributed by atoms with van der Waals surface area (Å²) in [6.07, 6.45) is 6.91. The van der Waals surface area contributed by atoms with Crippen LogP contribution in [0.3, 0.4) is 0 Å². The zero-order valence-corrected chi connectivity index (χ0v) is 46.5. The molecule has 6 atom stereocenters. The molecular formula is C60H65FN12O7S. The number of thiazole rings is 1. The van der Waals surface area contributed by atoms with Crippen molar-refractivity contribution in [2.24, 2.45) is 5.92 Å². The Labute approximate surface area is 471 Å². The second kappa shape index (κ2) is 21.8. The van der Waals surface area contributed by atoms with Gasteiger partial charge in [0.05, 0.1) is 66.0 Å². The summed E-state index contributed by atoms with van der Waals surface area (Å²) in [6.45, 7) is 10.2. The number of amides is 2. The molecule has 4 aromatic heterocycles. The molecule has 5 fully saturated rings. The van der Waals surface area contributed by atoms with Gasteiger partial charge in [-0.05, 0) is 84.9 Å². The largest absolute Gasteiger partial charge is 0.486 e. The number of anilines is 1. The van der Waals surface area contributed by atoms with E-state index in [0.717, 1.165) is 100 Å². The maximum absolute atomic E-state index is 16.2. The number of aromatic amines is 1. The highest BCUT2D eigenvalue weighted by atomic mass is 32.1. The second-order valence-electron chi connectivity index (χ2n) is 22.7. The van der Waals surface area contributed by atoms with Gasteiger partial charge < -0.3 is 44.9 Å². The molecule has 420 valence electrons. The van der Waals surface area contributed by atoms with Crippen LogP contribution in [0.5, 0.6) is 11.8 Å². The molecule has 5 N–H and O–H groups in total. The fourth-order valence-corrected chi connectivity index (χ4v) is 13.3. The molecule has 8 aromatic rings. The van der Waals surface area contributed by atoms with Crippen molar-refractivity contribution in [1.82, 2.24) is 55.7 Å². The summed E-state index contributed by atoms with van der Waals surface area (Å²) in [6, 6.07) is 17.4. The van der Waals surface area contributed by atoms with Gasteiger partial charge in [0.25, 0.3) is 0 Å². The highest BCUT2D eigenvalue weighted by Crippen LogP contribution is 2.54. The van der Waals surface area contributed by atoms with Crippen LogP contribution in [0.15, 0.2) is 78.6 Å². The number of β-amino-alcohol motifs (C(OH)–C–C–N with tert-alkyl or cyclic N) is 1. The normalized spacial score (nSPS) is 20.9. The van der Waals surface area contributed by atoms with Gasteiger partial charge in [-0.3, -0.25) is 14.7 Å². The fourth-order valence-electron chi connectivity index (χ4n) is 12.5. The van der Waals surface area contributed by atoms with Crippen molar-refractivity contribution >= 4 is 50.8 Å². The minimum atomic E-state index is -0.978. The monoisotopic (exact) mass is 1120 g/mol. The number of nitrogens with one attached hydrogen (secondary N) is 3. The smallest absolute Gasteiger partial charge is 0.319 e. The number of hydrogen-bond donors (Lipinski definition) is 5. The number of ether oxygens (including phenoxy) is 3. The zero-order chi connectivity index (χ0) is 55.6. The van der Waals surface area contributed by atoms with Gasteiger partial charge in [0.1, 0.15) is 47.6 Å². The molecule has 19 nitrogen and oxygen atoms in total. The van der Waals surface area contributed by atoms with Crippen molar-refractivity contribution in [3.63, 3.8) is 0 Å². The van der Waals surface area contributed by atoms with Crippen LogP contribution in [-0.2, 0) is 20.9 Å². The number of carbonyl (C=O) groups is 2. The Balaban J connectivity index is 0.785. The van der Waals surface area contributed by atoms with E-state index in [9.17, 15) is 19.8 Å². The maximum Gasteiger partial charge on any atom is 0.319 e. The van der Waals surface area contributed by atoms with Gasteiger partial charge in [-0.15, -0.1) is 16.4 Å². The van der Waals surface area contributed by atoms with E-state index in [1.165, 1.54) is 15.6 Å². The van der Waals surface area contributed by atoms with Crippen molar-refractivity contribution < 1.29 is 38.4 Å². The predicted molar refractivity (Wildman–Crippen MR) is 303 cm³/mol. The Morgan fingerprint density at radius 2 is 1.75 bits per heavy atom. The summed E-state index contributed by atoms with van der Waals surface area (Å²) in [4.78, 5) is 48.3. The Morgan fingerprint density at radius 1 is 0.963 bits per heavy atom. The molecular weight excluding hydrogens is 1050 g/mol. The summed E-state index contributed by atoms with van der Waals surface area (Å²) in [5, 5.41) is 46.0. The van der Waals surface area contributed by atoms with Crippen molar-refractivity contribution in [3.8, 4) is 44.6 Å². The number of aromatic nitrogens is 8. The van der Waals surface area contributed by atoms with E-state index in [0.29, 0.717) is 58.4 Å². The first kappa shape index (κ1) is 52.9. The number of likely N-dealkylation sites (tertiary alicyclic amines) is 1. The second-order valence-corrected chi connectivity index (χ2v) is 23.6. The van der Waals surface area contributed by atoms with Gasteiger partial charge in [-0.2, -0.15) is 15.1 Å². The number of hydrogen-bond acceptors (Lipinski definition) is 16.